The number of nitrogens with zero attached hydrogens (tertiary/aromatic N) is 3. The molecule has 0 aliphatic carbocycles. The number of halogens is 2. The second-order valence-corrected chi connectivity index (χ2v) is 7.77. The van der Waals surface area contributed by atoms with Gasteiger partial charge in [-0.15, -0.1) is 0 Å². The predicted octanol–water partition coefficient (Wildman–Crippen LogP) is 2.93. The summed E-state index contributed by atoms with van der Waals surface area (Å²) < 4.78 is 13.3. The number of amides is 2. The van der Waals surface area contributed by atoms with Gasteiger partial charge >= 0.3 is 0 Å². The molecule has 2 aromatic rings. The maximum absolute atomic E-state index is 13.3. The van der Waals surface area contributed by atoms with Crippen molar-refractivity contribution in [2.24, 2.45) is 0 Å². The van der Waals surface area contributed by atoms with E-state index in [1.54, 1.807) is 37.3 Å². The molecule has 1 atom stereocenters. The highest BCUT2D eigenvalue weighted by molar-refractivity contribution is 6.31. The van der Waals surface area contributed by atoms with Gasteiger partial charge in [0.15, 0.2) is 0 Å². The SMILES string of the molecule is CC(C(=O)Nc1cccc(F)c1)N1CCN(CC(=O)Nc2cc(Cl)ccc2C#N)CC1. The predicted molar refractivity (Wildman–Crippen MR) is 117 cm³/mol. The Hall–Kier alpha value is -2.99. The molecule has 3 rings (SSSR count). The Kier molecular flexibility index (Phi) is 7.58. The van der Waals surface area contributed by atoms with Gasteiger partial charge in [0, 0.05) is 36.9 Å². The van der Waals surface area contributed by atoms with Crippen molar-refractivity contribution >= 4 is 34.8 Å². The van der Waals surface area contributed by atoms with E-state index in [2.05, 4.69) is 10.6 Å². The molecule has 2 aromatic carbocycles. The second kappa shape index (κ2) is 10.4. The lowest BCUT2D eigenvalue weighted by Gasteiger charge is -2.37. The van der Waals surface area contributed by atoms with Crippen molar-refractivity contribution in [3.05, 3.63) is 58.9 Å². The van der Waals surface area contributed by atoms with Crippen molar-refractivity contribution in [1.82, 2.24) is 9.80 Å². The summed E-state index contributed by atoms with van der Waals surface area (Å²) in [6.07, 6.45) is 0. The van der Waals surface area contributed by atoms with E-state index in [1.807, 2.05) is 15.9 Å². The summed E-state index contributed by atoms with van der Waals surface area (Å²) >= 11 is 5.95. The molecular weight excluding hydrogens is 421 g/mol. The molecule has 1 fully saturated rings. The van der Waals surface area contributed by atoms with Gasteiger partial charge in [-0.2, -0.15) is 5.26 Å². The molecule has 31 heavy (non-hydrogen) atoms. The minimum atomic E-state index is -0.406. The van der Waals surface area contributed by atoms with Crippen molar-refractivity contribution in [3.8, 4) is 6.07 Å². The summed E-state index contributed by atoms with van der Waals surface area (Å²) in [6.45, 7) is 4.45. The molecule has 0 bridgehead atoms. The van der Waals surface area contributed by atoms with E-state index in [1.165, 1.54) is 12.1 Å². The fourth-order valence-electron chi connectivity index (χ4n) is 3.40. The van der Waals surface area contributed by atoms with Crippen molar-refractivity contribution < 1.29 is 14.0 Å². The van der Waals surface area contributed by atoms with Gasteiger partial charge in [-0.05, 0) is 43.3 Å². The number of piperazine rings is 1. The summed E-state index contributed by atoms with van der Waals surface area (Å²) in [5, 5.41) is 15.1. The number of hydrogen-bond acceptors (Lipinski definition) is 5. The number of carbonyl (C=O) groups excluding carboxylic acids is 2. The van der Waals surface area contributed by atoms with Gasteiger partial charge in [0.1, 0.15) is 11.9 Å². The number of anilines is 2. The Morgan fingerprint density at radius 2 is 1.90 bits per heavy atom. The van der Waals surface area contributed by atoms with Crippen LogP contribution in [0.4, 0.5) is 15.8 Å². The van der Waals surface area contributed by atoms with E-state index in [4.69, 9.17) is 16.9 Å². The smallest absolute Gasteiger partial charge is 0.241 e. The topological polar surface area (TPSA) is 88.5 Å². The van der Waals surface area contributed by atoms with Crippen LogP contribution >= 0.6 is 11.6 Å². The first-order valence-corrected chi connectivity index (χ1v) is 10.3. The van der Waals surface area contributed by atoms with Gasteiger partial charge in [-0.1, -0.05) is 17.7 Å². The van der Waals surface area contributed by atoms with Crippen molar-refractivity contribution in [1.29, 1.82) is 5.26 Å². The van der Waals surface area contributed by atoms with Gasteiger partial charge in [-0.25, -0.2) is 4.39 Å². The first kappa shape index (κ1) is 22.7. The minimum Gasteiger partial charge on any atom is -0.325 e. The molecule has 0 radical (unpaired) electrons. The van der Waals surface area contributed by atoms with E-state index in [9.17, 15) is 14.0 Å². The highest BCUT2D eigenvalue weighted by Crippen LogP contribution is 2.20. The number of nitriles is 1. The summed E-state index contributed by atoms with van der Waals surface area (Å²) in [5.41, 5.74) is 1.16. The fraction of sp³-hybridized carbons (Fsp3) is 0.318. The first-order valence-electron chi connectivity index (χ1n) is 9.88. The van der Waals surface area contributed by atoms with Crippen LogP contribution in [-0.4, -0.2) is 60.4 Å². The molecule has 0 aromatic heterocycles. The molecule has 1 saturated heterocycles. The quantitative estimate of drug-likeness (QED) is 0.716. The summed E-state index contributed by atoms with van der Waals surface area (Å²) in [5.74, 6) is -0.845. The zero-order chi connectivity index (χ0) is 22.4. The van der Waals surface area contributed by atoms with E-state index in [-0.39, 0.29) is 24.4 Å². The molecule has 1 unspecified atom stereocenters. The minimum absolute atomic E-state index is 0.176. The largest absolute Gasteiger partial charge is 0.325 e. The highest BCUT2D eigenvalue weighted by atomic mass is 35.5. The average molecular weight is 444 g/mol. The standard InChI is InChI=1S/C22H23ClFN5O2/c1-15(22(31)26-19-4-2-3-18(24)12-19)29-9-7-28(8-10-29)14-21(30)27-20-11-17(23)6-5-16(20)13-25/h2-6,11-12,15H,7-10,14H2,1H3,(H,26,31)(H,27,30). The van der Waals surface area contributed by atoms with Crippen LogP contribution < -0.4 is 10.6 Å². The number of carbonyl (C=O) groups is 2. The van der Waals surface area contributed by atoms with Crippen molar-refractivity contribution in [3.63, 3.8) is 0 Å². The summed E-state index contributed by atoms with van der Waals surface area (Å²) in [4.78, 5) is 28.9. The van der Waals surface area contributed by atoms with Crippen LogP contribution in [0.15, 0.2) is 42.5 Å². The lowest BCUT2D eigenvalue weighted by molar-refractivity contribution is -0.122. The van der Waals surface area contributed by atoms with Crippen LogP contribution in [0.2, 0.25) is 5.02 Å². The number of rotatable bonds is 6. The molecule has 0 spiro atoms. The Morgan fingerprint density at radius 1 is 1.16 bits per heavy atom. The third kappa shape index (κ3) is 6.25. The van der Waals surface area contributed by atoms with E-state index < -0.39 is 5.82 Å². The maximum atomic E-state index is 13.3. The van der Waals surface area contributed by atoms with Crippen molar-refractivity contribution in [2.45, 2.75) is 13.0 Å². The van der Waals surface area contributed by atoms with Crippen LogP contribution in [0.3, 0.4) is 0 Å². The third-order valence-corrected chi connectivity index (χ3v) is 5.40. The van der Waals surface area contributed by atoms with E-state index >= 15 is 0 Å². The maximum Gasteiger partial charge on any atom is 0.241 e. The fourth-order valence-corrected chi connectivity index (χ4v) is 3.57. The molecule has 7 nitrogen and oxygen atoms in total. The van der Waals surface area contributed by atoms with Crippen LogP contribution in [0.25, 0.3) is 0 Å². The Bertz CT molecular complexity index is 1000. The van der Waals surface area contributed by atoms with Crippen LogP contribution in [0.1, 0.15) is 12.5 Å². The zero-order valence-corrected chi connectivity index (χ0v) is 17.8. The Labute approximate surface area is 185 Å². The second-order valence-electron chi connectivity index (χ2n) is 7.34. The lowest BCUT2D eigenvalue weighted by Crippen LogP contribution is -2.53. The average Bonchev–Trinajstić information content (AvgIpc) is 2.74. The highest BCUT2D eigenvalue weighted by Gasteiger charge is 2.26. The lowest BCUT2D eigenvalue weighted by atomic mass is 10.2. The monoisotopic (exact) mass is 443 g/mol. The number of hydrogen-bond donors (Lipinski definition) is 2. The Morgan fingerprint density at radius 3 is 2.58 bits per heavy atom. The molecule has 1 heterocycles. The van der Waals surface area contributed by atoms with E-state index in [0.29, 0.717) is 48.1 Å². The molecular formula is C22H23ClFN5O2. The Balaban J connectivity index is 1.48. The van der Waals surface area contributed by atoms with Crippen LogP contribution in [-0.2, 0) is 9.59 Å². The van der Waals surface area contributed by atoms with Crippen LogP contribution in [0, 0.1) is 17.1 Å². The van der Waals surface area contributed by atoms with Crippen molar-refractivity contribution in [2.75, 3.05) is 43.4 Å². The molecule has 9 heteroatoms. The molecule has 2 N–H and O–H groups in total. The summed E-state index contributed by atoms with van der Waals surface area (Å²) in [6, 6.07) is 12.1. The zero-order valence-electron chi connectivity index (χ0n) is 17.1. The first-order chi connectivity index (χ1) is 14.9. The van der Waals surface area contributed by atoms with Gasteiger partial charge in [-0.3, -0.25) is 19.4 Å². The van der Waals surface area contributed by atoms with Gasteiger partial charge in [0.25, 0.3) is 0 Å². The number of nitrogens with one attached hydrogen (secondary N) is 2. The normalized spacial score (nSPS) is 15.7. The molecule has 162 valence electrons. The van der Waals surface area contributed by atoms with Gasteiger partial charge in [0.05, 0.1) is 23.8 Å². The van der Waals surface area contributed by atoms with Gasteiger partial charge < -0.3 is 10.6 Å². The van der Waals surface area contributed by atoms with Crippen LogP contribution in [0.5, 0.6) is 0 Å². The summed E-state index contributed by atoms with van der Waals surface area (Å²) in [7, 11) is 0. The molecule has 2 amide bonds. The van der Waals surface area contributed by atoms with E-state index in [0.717, 1.165) is 0 Å². The number of benzene rings is 2. The molecule has 0 saturated carbocycles. The molecule has 1 aliphatic heterocycles. The third-order valence-electron chi connectivity index (χ3n) is 5.17. The van der Waals surface area contributed by atoms with Gasteiger partial charge in [0.2, 0.25) is 11.8 Å². The molecule has 1 aliphatic rings.